The molecule has 6 heteroatoms. The largest absolute Gasteiger partial charge is 0.452 e. The lowest BCUT2D eigenvalue weighted by atomic mass is 10.1. The van der Waals surface area contributed by atoms with E-state index in [0.29, 0.717) is 15.7 Å². The zero-order valence-electron chi connectivity index (χ0n) is 12.4. The maximum atomic E-state index is 12.0. The van der Waals surface area contributed by atoms with Crippen molar-refractivity contribution >= 4 is 40.8 Å². The van der Waals surface area contributed by atoms with Gasteiger partial charge >= 0.3 is 5.97 Å². The summed E-state index contributed by atoms with van der Waals surface area (Å²) in [6.07, 6.45) is -0.833. The Morgan fingerprint density at radius 1 is 1.09 bits per heavy atom. The van der Waals surface area contributed by atoms with Crippen molar-refractivity contribution in [2.45, 2.75) is 19.4 Å². The number of hydrogen-bond donors (Lipinski definition) is 1. The lowest BCUT2D eigenvalue weighted by Crippen LogP contribution is -2.30. The summed E-state index contributed by atoms with van der Waals surface area (Å²) in [5, 5.41) is 3.74. The fourth-order valence-electron chi connectivity index (χ4n) is 1.87. The summed E-state index contributed by atoms with van der Waals surface area (Å²) in [7, 11) is 0. The summed E-state index contributed by atoms with van der Waals surface area (Å²) in [5.74, 6) is -0.905. The van der Waals surface area contributed by atoms with Crippen LogP contribution in [-0.4, -0.2) is 18.0 Å². The Morgan fingerprint density at radius 2 is 1.78 bits per heavy atom. The fraction of sp³-hybridized carbons (Fsp3) is 0.176. The van der Waals surface area contributed by atoms with Crippen molar-refractivity contribution in [2.75, 3.05) is 5.32 Å². The molecule has 4 nitrogen and oxygen atoms in total. The number of esters is 1. The van der Waals surface area contributed by atoms with Gasteiger partial charge in [-0.2, -0.15) is 0 Å². The van der Waals surface area contributed by atoms with Crippen molar-refractivity contribution in [3.8, 4) is 0 Å². The lowest BCUT2D eigenvalue weighted by molar-refractivity contribution is -0.152. The van der Waals surface area contributed by atoms with E-state index in [2.05, 4.69) is 5.32 Å². The van der Waals surface area contributed by atoms with Gasteiger partial charge in [-0.1, -0.05) is 41.4 Å². The molecule has 0 unspecified atom stereocenters. The van der Waals surface area contributed by atoms with Crippen LogP contribution in [0, 0.1) is 0 Å². The fourth-order valence-corrected chi connectivity index (χ4v) is 2.19. The van der Waals surface area contributed by atoms with Crippen LogP contribution in [0.2, 0.25) is 10.0 Å². The van der Waals surface area contributed by atoms with Gasteiger partial charge in [0.1, 0.15) is 0 Å². The highest BCUT2D eigenvalue weighted by molar-refractivity contribution is 6.31. The molecule has 0 spiro atoms. The smallest absolute Gasteiger partial charge is 0.311 e. The van der Waals surface area contributed by atoms with E-state index >= 15 is 0 Å². The van der Waals surface area contributed by atoms with Crippen LogP contribution in [0.25, 0.3) is 0 Å². The molecule has 1 atom stereocenters. The van der Waals surface area contributed by atoms with E-state index in [0.717, 1.165) is 5.56 Å². The van der Waals surface area contributed by atoms with Gasteiger partial charge in [-0.15, -0.1) is 0 Å². The Morgan fingerprint density at radius 3 is 2.43 bits per heavy atom. The first-order valence-electron chi connectivity index (χ1n) is 6.94. The lowest BCUT2D eigenvalue weighted by Gasteiger charge is -2.13. The number of benzene rings is 2. The van der Waals surface area contributed by atoms with Gasteiger partial charge in [-0.3, -0.25) is 9.59 Å². The van der Waals surface area contributed by atoms with Crippen LogP contribution in [-0.2, 0) is 20.7 Å². The molecule has 0 aliphatic heterocycles. The first-order valence-corrected chi connectivity index (χ1v) is 7.70. The first kappa shape index (κ1) is 17.3. The third-order valence-corrected chi connectivity index (χ3v) is 3.52. The Bertz CT molecular complexity index is 701. The number of carbonyl (C=O) groups is 2. The SMILES string of the molecule is C[C@@H](OC(=O)Cc1ccc(Cl)cc1)C(=O)Nc1cccc(Cl)c1. The summed E-state index contributed by atoms with van der Waals surface area (Å²) in [6, 6.07) is 13.6. The molecule has 2 aromatic carbocycles. The van der Waals surface area contributed by atoms with E-state index in [9.17, 15) is 9.59 Å². The number of nitrogens with one attached hydrogen (secondary N) is 1. The van der Waals surface area contributed by atoms with Crippen LogP contribution >= 0.6 is 23.2 Å². The number of ether oxygens (including phenoxy) is 1. The third-order valence-electron chi connectivity index (χ3n) is 3.03. The maximum absolute atomic E-state index is 12.0. The number of anilines is 1. The molecule has 2 aromatic rings. The summed E-state index contributed by atoms with van der Waals surface area (Å²) in [6.45, 7) is 1.51. The Kier molecular flexibility index (Phi) is 6.02. The van der Waals surface area contributed by atoms with Gasteiger partial charge in [0.05, 0.1) is 6.42 Å². The highest BCUT2D eigenvalue weighted by Crippen LogP contribution is 2.15. The molecular weight excluding hydrogens is 337 g/mol. The molecule has 2 rings (SSSR count). The molecule has 23 heavy (non-hydrogen) atoms. The van der Waals surface area contributed by atoms with Gasteiger partial charge in [0.15, 0.2) is 6.10 Å². The van der Waals surface area contributed by atoms with Crippen LogP contribution in [0.1, 0.15) is 12.5 Å². The van der Waals surface area contributed by atoms with Gasteiger partial charge in [0.2, 0.25) is 0 Å². The molecule has 120 valence electrons. The zero-order chi connectivity index (χ0) is 16.8. The Balaban J connectivity index is 1.87. The van der Waals surface area contributed by atoms with Gasteiger partial charge in [-0.25, -0.2) is 0 Å². The molecule has 0 bridgehead atoms. The van der Waals surface area contributed by atoms with Crippen molar-refractivity contribution in [1.29, 1.82) is 0 Å². The van der Waals surface area contributed by atoms with Crippen molar-refractivity contribution in [2.24, 2.45) is 0 Å². The highest BCUT2D eigenvalue weighted by atomic mass is 35.5. The highest BCUT2D eigenvalue weighted by Gasteiger charge is 2.18. The quantitative estimate of drug-likeness (QED) is 0.824. The Labute approximate surface area is 144 Å². The first-order chi connectivity index (χ1) is 10.9. The molecule has 0 fully saturated rings. The summed E-state index contributed by atoms with van der Waals surface area (Å²) in [4.78, 5) is 23.9. The van der Waals surface area contributed by atoms with Gasteiger partial charge in [-0.05, 0) is 42.8 Å². The molecule has 0 aromatic heterocycles. The van der Waals surface area contributed by atoms with E-state index in [1.165, 1.54) is 6.92 Å². The number of hydrogen-bond acceptors (Lipinski definition) is 3. The van der Waals surface area contributed by atoms with E-state index in [1.807, 2.05) is 0 Å². The van der Waals surface area contributed by atoms with E-state index in [1.54, 1.807) is 48.5 Å². The number of amides is 1. The molecule has 0 saturated carbocycles. The minimum absolute atomic E-state index is 0.0754. The van der Waals surface area contributed by atoms with Crippen LogP contribution in [0.4, 0.5) is 5.69 Å². The molecule has 0 saturated heterocycles. The molecule has 0 aliphatic carbocycles. The molecule has 0 aliphatic rings. The third kappa shape index (κ3) is 5.58. The summed E-state index contributed by atoms with van der Waals surface area (Å²) < 4.78 is 5.13. The second-order valence-corrected chi connectivity index (χ2v) is 5.81. The van der Waals surface area contributed by atoms with Crippen molar-refractivity contribution < 1.29 is 14.3 Å². The second kappa shape index (κ2) is 7.99. The van der Waals surface area contributed by atoms with Gasteiger partial charge in [0.25, 0.3) is 5.91 Å². The average Bonchev–Trinajstić information content (AvgIpc) is 2.49. The number of rotatable bonds is 5. The normalized spacial score (nSPS) is 11.6. The van der Waals surface area contributed by atoms with Crippen molar-refractivity contribution in [1.82, 2.24) is 0 Å². The molecule has 1 N–H and O–H groups in total. The zero-order valence-corrected chi connectivity index (χ0v) is 13.9. The molecule has 0 heterocycles. The van der Waals surface area contributed by atoms with Crippen LogP contribution in [0.15, 0.2) is 48.5 Å². The monoisotopic (exact) mass is 351 g/mol. The number of halogens is 2. The van der Waals surface area contributed by atoms with Gasteiger partial charge < -0.3 is 10.1 Å². The van der Waals surface area contributed by atoms with Crippen LogP contribution in [0.5, 0.6) is 0 Å². The molecule has 1 amide bonds. The van der Waals surface area contributed by atoms with E-state index in [-0.39, 0.29) is 6.42 Å². The maximum Gasteiger partial charge on any atom is 0.311 e. The average molecular weight is 352 g/mol. The Hall–Kier alpha value is -2.04. The van der Waals surface area contributed by atoms with Crippen LogP contribution in [0.3, 0.4) is 0 Å². The topological polar surface area (TPSA) is 55.4 Å². The van der Waals surface area contributed by atoms with Crippen molar-refractivity contribution in [3.05, 3.63) is 64.1 Å². The minimum Gasteiger partial charge on any atom is -0.452 e. The minimum atomic E-state index is -0.909. The molecular formula is C17H15Cl2NO3. The van der Waals surface area contributed by atoms with Crippen molar-refractivity contribution in [3.63, 3.8) is 0 Å². The number of carbonyl (C=O) groups excluding carboxylic acids is 2. The summed E-state index contributed by atoms with van der Waals surface area (Å²) >= 11 is 11.6. The van der Waals surface area contributed by atoms with E-state index < -0.39 is 18.0 Å². The standard InChI is InChI=1S/C17H15Cl2NO3/c1-11(17(22)20-15-4-2-3-14(19)10-15)23-16(21)9-12-5-7-13(18)8-6-12/h2-8,10-11H,9H2,1H3,(H,20,22)/t11-/m1/s1. The summed E-state index contributed by atoms with van der Waals surface area (Å²) in [5.41, 5.74) is 1.31. The van der Waals surface area contributed by atoms with Gasteiger partial charge in [0, 0.05) is 15.7 Å². The molecule has 0 radical (unpaired) electrons. The predicted octanol–water partition coefficient (Wildman–Crippen LogP) is 4.11. The van der Waals surface area contributed by atoms with Crippen LogP contribution < -0.4 is 5.32 Å². The predicted molar refractivity (Wildman–Crippen MR) is 90.8 cm³/mol. The second-order valence-electron chi connectivity index (χ2n) is 4.93. The van der Waals surface area contributed by atoms with E-state index in [4.69, 9.17) is 27.9 Å².